The molecular formula is C31H36F5N5O4S. The summed E-state index contributed by atoms with van der Waals surface area (Å²) in [5, 5.41) is 9.58. The number of alkyl halides is 5. The van der Waals surface area contributed by atoms with Crippen LogP contribution in [-0.2, 0) is 23.9 Å². The lowest BCUT2D eigenvalue weighted by molar-refractivity contribution is -0.143. The van der Waals surface area contributed by atoms with E-state index in [1.165, 1.54) is 29.8 Å². The molecule has 15 heteroatoms. The van der Waals surface area contributed by atoms with Crippen molar-refractivity contribution in [1.82, 2.24) is 19.9 Å². The second-order valence-electron chi connectivity index (χ2n) is 11.1. The van der Waals surface area contributed by atoms with E-state index in [0.29, 0.717) is 54.2 Å². The summed E-state index contributed by atoms with van der Waals surface area (Å²) >= 11 is 1.22. The van der Waals surface area contributed by atoms with Crippen LogP contribution in [0.5, 0.6) is 5.75 Å². The summed E-state index contributed by atoms with van der Waals surface area (Å²) in [5.74, 6) is -2.04. The van der Waals surface area contributed by atoms with Gasteiger partial charge in [-0.3, -0.25) is 14.5 Å². The van der Waals surface area contributed by atoms with Gasteiger partial charge in [-0.05, 0) is 56.8 Å². The van der Waals surface area contributed by atoms with Crippen molar-refractivity contribution in [2.75, 3.05) is 24.5 Å². The summed E-state index contributed by atoms with van der Waals surface area (Å²) in [6, 6.07) is 3.19. The van der Waals surface area contributed by atoms with E-state index in [1.54, 1.807) is 0 Å². The summed E-state index contributed by atoms with van der Waals surface area (Å²) in [5.41, 5.74) is -0.912. The number of likely N-dealkylation sites (tertiary alicyclic amines) is 1. The molecule has 1 aromatic carbocycles. The van der Waals surface area contributed by atoms with Gasteiger partial charge in [-0.1, -0.05) is 14.4 Å². The minimum atomic E-state index is -4.95. The summed E-state index contributed by atoms with van der Waals surface area (Å²) < 4.78 is 71.3. The molecule has 9 nitrogen and oxygen atoms in total. The summed E-state index contributed by atoms with van der Waals surface area (Å²) in [4.78, 5) is 42.4. The molecule has 2 fully saturated rings. The average Bonchev–Trinajstić information content (AvgIpc) is 3.63. The number of carbonyl (C=O) groups excluding carboxylic acids is 1. The molecule has 2 aromatic heterocycles. The maximum atomic E-state index is 13.8. The number of piperidine rings is 1. The highest BCUT2D eigenvalue weighted by Crippen LogP contribution is 2.41. The van der Waals surface area contributed by atoms with Gasteiger partial charge in [0.2, 0.25) is 0 Å². The number of carboxylic acids is 1. The molecule has 3 aromatic rings. The first-order valence-corrected chi connectivity index (χ1v) is 15.5. The number of hydrogen-bond acceptors (Lipinski definition) is 9. The number of aliphatic carboxylic acids is 1. The molecule has 250 valence electrons. The number of halogens is 5. The van der Waals surface area contributed by atoms with Crippen molar-refractivity contribution in [1.29, 1.82) is 0 Å². The lowest BCUT2D eigenvalue weighted by atomic mass is 9.97. The van der Waals surface area contributed by atoms with Crippen LogP contribution < -0.4 is 9.64 Å². The molecule has 2 aliphatic heterocycles. The zero-order valence-corrected chi connectivity index (χ0v) is 25.2. The first kappa shape index (κ1) is 35.1. The Bertz CT molecular complexity index is 1510. The van der Waals surface area contributed by atoms with E-state index in [4.69, 9.17) is 0 Å². The van der Waals surface area contributed by atoms with Crippen molar-refractivity contribution in [3.05, 3.63) is 51.7 Å². The SMILES string of the molecule is C.CC[C@@H]1CCCN1Cc1sc(CC(=O)c2cnc(N3CCC(C(=O)O)CC3)cn2)nc1-c1ccc(OC(F)F)c(C(F)(F)F)c1. The fraction of sp³-hybridized carbons (Fsp3) is 0.516. The molecular weight excluding hydrogens is 633 g/mol. The standard InChI is InChI=1S/C30H32F5N5O4S.CH4/c1-2-19-4-3-9-40(19)16-24-27(18-5-6-23(44-29(31)32)20(12-18)30(33,34)35)38-26(45-24)13-22(41)21-14-37-25(15-36-21)39-10-7-17(8-11-39)28(42)43;/h5-6,12,14-15,17,19,29H,2-4,7-11,13,16H2,1H3,(H,42,43);1H4/t19-;/m1./s1. The normalized spacial score (nSPS) is 17.7. The highest BCUT2D eigenvalue weighted by molar-refractivity contribution is 7.12. The van der Waals surface area contributed by atoms with Crippen molar-refractivity contribution >= 4 is 28.9 Å². The Balaban J connectivity index is 0.00000480. The fourth-order valence-corrected chi connectivity index (χ4v) is 6.98. The van der Waals surface area contributed by atoms with Crippen LogP contribution in [0.1, 0.15) is 72.4 Å². The minimum absolute atomic E-state index is 0. The zero-order chi connectivity index (χ0) is 32.3. The number of carbonyl (C=O) groups is 2. The van der Waals surface area contributed by atoms with Gasteiger partial charge in [-0.25, -0.2) is 15.0 Å². The van der Waals surface area contributed by atoms with E-state index in [2.05, 4.69) is 31.5 Å². The molecule has 5 rings (SSSR count). The van der Waals surface area contributed by atoms with E-state index in [1.807, 2.05) is 4.90 Å². The number of rotatable bonds is 11. The number of nitrogens with zero attached hydrogens (tertiary/aromatic N) is 5. The third-order valence-electron chi connectivity index (χ3n) is 8.24. The second kappa shape index (κ2) is 14.8. The van der Waals surface area contributed by atoms with Crippen LogP contribution >= 0.6 is 11.3 Å². The van der Waals surface area contributed by atoms with Crippen molar-refractivity contribution in [2.24, 2.45) is 5.92 Å². The molecule has 2 saturated heterocycles. The molecule has 46 heavy (non-hydrogen) atoms. The number of benzene rings is 1. The van der Waals surface area contributed by atoms with Crippen LogP contribution in [0.2, 0.25) is 0 Å². The molecule has 1 N–H and O–H groups in total. The van der Waals surface area contributed by atoms with Gasteiger partial charge in [0, 0.05) is 36.1 Å². The lowest BCUT2D eigenvalue weighted by Gasteiger charge is -2.30. The number of aromatic nitrogens is 3. The summed E-state index contributed by atoms with van der Waals surface area (Å²) in [6.07, 6.45) is 1.56. The zero-order valence-electron chi connectivity index (χ0n) is 24.4. The predicted octanol–water partition coefficient (Wildman–Crippen LogP) is 6.96. The van der Waals surface area contributed by atoms with Crippen LogP contribution in [0, 0.1) is 5.92 Å². The molecule has 0 radical (unpaired) electrons. The Hall–Kier alpha value is -3.72. The molecule has 0 amide bonds. The average molecular weight is 670 g/mol. The Labute approximate surface area is 267 Å². The minimum Gasteiger partial charge on any atom is -0.481 e. The Morgan fingerprint density at radius 3 is 2.46 bits per heavy atom. The van der Waals surface area contributed by atoms with Gasteiger partial charge < -0.3 is 14.7 Å². The van der Waals surface area contributed by atoms with Crippen LogP contribution in [0.3, 0.4) is 0 Å². The van der Waals surface area contributed by atoms with Crippen molar-refractivity contribution in [3.63, 3.8) is 0 Å². The first-order chi connectivity index (χ1) is 21.4. The third-order valence-corrected chi connectivity index (χ3v) is 9.28. The number of carboxylic acid groups (broad SMARTS) is 1. The van der Waals surface area contributed by atoms with E-state index in [-0.39, 0.29) is 36.6 Å². The van der Waals surface area contributed by atoms with Gasteiger partial charge in [-0.15, -0.1) is 11.3 Å². The fourth-order valence-electron chi connectivity index (χ4n) is 5.87. The highest BCUT2D eigenvalue weighted by atomic mass is 32.1. The van der Waals surface area contributed by atoms with Crippen molar-refractivity contribution < 1.29 is 41.4 Å². The molecule has 1 atom stereocenters. The molecule has 4 heterocycles. The molecule has 2 aliphatic rings. The molecule has 0 unspecified atom stereocenters. The monoisotopic (exact) mass is 669 g/mol. The quantitative estimate of drug-likeness (QED) is 0.171. The summed E-state index contributed by atoms with van der Waals surface area (Å²) in [6.45, 7) is 0.892. The van der Waals surface area contributed by atoms with E-state index >= 15 is 0 Å². The number of thiazole rings is 1. The van der Waals surface area contributed by atoms with Gasteiger partial charge >= 0.3 is 18.8 Å². The molecule has 0 saturated carbocycles. The number of Topliss-reactive ketones (excluding diaryl/α,β-unsaturated/α-hetero) is 1. The first-order valence-electron chi connectivity index (χ1n) is 14.6. The van der Waals surface area contributed by atoms with Gasteiger partial charge in [0.25, 0.3) is 0 Å². The maximum absolute atomic E-state index is 13.8. The third kappa shape index (κ3) is 8.16. The van der Waals surface area contributed by atoms with E-state index < -0.39 is 36.0 Å². The van der Waals surface area contributed by atoms with Crippen LogP contribution in [0.15, 0.2) is 30.6 Å². The number of anilines is 1. The Kier molecular flexibility index (Phi) is 11.3. The smallest absolute Gasteiger partial charge is 0.419 e. The largest absolute Gasteiger partial charge is 0.481 e. The van der Waals surface area contributed by atoms with Gasteiger partial charge in [0.05, 0.1) is 36.0 Å². The van der Waals surface area contributed by atoms with Crippen molar-refractivity contribution in [3.8, 4) is 17.0 Å². The van der Waals surface area contributed by atoms with Crippen LogP contribution in [0.25, 0.3) is 11.3 Å². The number of ketones is 1. The maximum Gasteiger partial charge on any atom is 0.419 e. The van der Waals surface area contributed by atoms with Crippen LogP contribution in [0.4, 0.5) is 27.8 Å². The molecule has 0 aliphatic carbocycles. The van der Waals surface area contributed by atoms with Gasteiger partial charge in [0.15, 0.2) is 5.78 Å². The Morgan fingerprint density at radius 1 is 1.11 bits per heavy atom. The van der Waals surface area contributed by atoms with E-state index in [9.17, 15) is 36.6 Å². The molecule has 0 bridgehead atoms. The highest BCUT2D eigenvalue weighted by Gasteiger charge is 2.36. The topological polar surface area (TPSA) is 109 Å². The molecule has 0 spiro atoms. The number of hydrogen-bond donors (Lipinski definition) is 1. The lowest BCUT2D eigenvalue weighted by Crippen LogP contribution is -2.36. The Morgan fingerprint density at radius 2 is 1.85 bits per heavy atom. The second-order valence-corrected chi connectivity index (χ2v) is 12.3. The number of ether oxygens (including phenoxy) is 1. The van der Waals surface area contributed by atoms with Gasteiger partial charge in [-0.2, -0.15) is 22.0 Å². The van der Waals surface area contributed by atoms with Crippen molar-refractivity contribution in [2.45, 2.75) is 78.2 Å². The van der Waals surface area contributed by atoms with Crippen LogP contribution in [-0.4, -0.2) is 69.0 Å². The van der Waals surface area contributed by atoms with Gasteiger partial charge in [0.1, 0.15) is 22.3 Å². The van der Waals surface area contributed by atoms with E-state index in [0.717, 1.165) is 37.9 Å². The predicted molar refractivity (Wildman–Crippen MR) is 162 cm³/mol. The summed E-state index contributed by atoms with van der Waals surface area (Å²) in [7, 11) is 0.